The molecule has 0 aromatic carbocycles. The van der Waals surface area contributed by atoms with Gasteiger partial charge in [0.15, 0.2) is 0 Å². The Hall–Kier alpha value is -2.64. The van der Waals surface area contributed by atoms with Crippen LogP contribution in [0.1, 0.15) is 24.6 Å². The fourth-order valence-corrected chi connectivity index (χ4v) is 3.53. The van der Waals surface area contributed by atoms with E-state index in [0.717, 1.165) is 11.3 Å². The van der Waals surface area contributed by atoms with Gasteiger partial charge in [0.05, 0.1) is 30.5 Å². The molecule has 4 heterocycles. The molecule has 122 valence electrons. The summed E-state index contributed by atoms with van der Waals surface area (Å²) >= 11 is 1.44. The number of nitrogens with zero attached hydrogens (tertiary/aromatic N) is 1. The molecule has 0 unspecified atom stereocenters. The lowest BCUT2D eigenvalue weighted by Gasteiger charge is -2.10. The zero-order valence-electron chi connectivity index (χ0n) is 12.9. The van der Waals surface area contributed by atoms with E-state index in [9.17, 15) is 4.79 Å². The van der Waals surface area contributed by atoms with Crippen molar-refractivity contribution in [3.05, 3.63) is 64.1 Å². The van der Waals surface area contributed by atoms with Crippen molar-refractivity contribution in [2.45, 2.75) is 19.5 Å². The van der Waals surface area contributed by atoms with Crippen molar-refractivity contribution >= 4 is 21.6 Å². The normalized spacial score (nSPS) is 12.7. The van der Waals surface area contributed by atoms with Crippen LogP contribution in [0.2, 0.25) is 0 Å². The molecule has 1 atom stereocenters. The van der Waals surface area contributed by atoms with Gasteiger partial charge in [-0.15, -0.1) is 11.3 Å². The van der Waals surface area contributed by atoms with Crippen molar-refractivity contribution < 1.29 is 8.83 Å². The van der Waals surface area contributed by atoms with Crippen LogP contribution in [0.25, 0.3) is 21.5 Å². The van der Waals surface area contributed by atoms with Gasteiger partial charge in [-0.3, -0.25) is 4.79 Å². The van der Waals surface area contributed by atoms with E-state index in [1.165, 1.54) is 11.3 Å². The fourth-order valence-electron chi connectivity index (χ4n) is 2.58. The van der Waals surface area contributed by atoms with Crippen molar-refractivity contribution in [2.24, 2.45) is 0 Å². The highest BCUT2D eigenvalue weighted by atomic mass is 32.1. The number of H-pyrrole nitrogens is 1. The van der Waals surface area contributed by atoms with Crippen molar-refractivity contribution in [1.29, 1.82) is 0 Å². The molecular formula is C17H15N3O3S. The predicted octanol–water partition coefficient (Wildman–Crippen LogP) is 3.69. The Morgan fingerprint density at radius 3 is 2.88 bits per heavy atom. The summed E-state index contributed by atoms with van der Waals surface area (Å²) in [4.78, 5) is 20.6. The summed E-state index contributed by atoms with van der Waals surface area (Å²) in [6, 6.07) is 7.42. The van der Waals surface area contributed by atoms with Crippen molar-refractivity contribution in [1.82, 2.24) is 15.3 Å². The first-order valence-corrected chi connectivity index (χ1v) is 8.41. The summed E-state index contributed by atoms with van der Waals surface area (Å²) in [7, 11) is 0. The van der Waals surface area contributed by atoms with Crippen LogP contribution in [0.15, 0.2) is 55.8 Å². The highest BCUT2D eigenvalue weighted by Gasteiger charge is 2.15. The molecule has 6 nitrogen and oxygen atoms in total. The molecule has 0 fully saturated rings. The topological polar surface area (TPSA) is 84.1 Å². The highest BCUT2D eigenvalue weighted by Crippen LogP contribution is 2.30. The first-order chi connectivity index (χ1) is 11.7. The molecule has 0 saturated heterocycles. The largest absolute Gasteiger partial charge is 0.468 e. The van der Waals surface area contributed by atoms with Gasteiger partial charge in [-0.1, -0.05) is 0 Å². The maximum atomic E-state index is 12.5. The lowest BCUT2D eigenvalue weighted by Crippen LogP contribution is -2.21. The van der Waals surface area contributed by atoms with Crippen LogP contribution in [0.3, 0.4) is 0 Å². The van der Waals surface area contributed by atoms with Gasteiger partial charge in [0.1, 0.15) is 22.2 Å². The summed E-state index contributed by atoms with van der Waals surface area (Å²) in [5, 5.41) is 5.75. The lowest BCUT2D eigenvalue weighted by molar-refractivity contribution is 0.427. The summed E-state index contributed by atoms with van der Waals surface area (Å²) < 4.78 is 10.8. The summed E-state index contributed by atoms with van der Waals surface area (Å²) in [5.74, 6) is 2.11. The number of aromatic amines is 1. The van der Waals surface area contributed by atoms with E-state index < -0.39 is 0 Å². The molecule has 0 bridgehead atoms. The minimum atomic E-state index is -0.157. The van der Waals surface area contributed by atoms with Gasteiger partial charge in [0.25, 0.3) is 5.56 Å². The summed E-state index contributed by atoms with van der Waals surface area (Å²) in [6.45, 7) is 2.44. The third-order valence-corrected chi connectivity index (χ3v) is 4.70. The van der Waals surface area contributed by atoms with Gasteiger partial charge in [-0.2, -0.15) is 0 Å². The second-order valence-corrected chi connectivity index (χ2v) is 6.30. The van der Waals surface area contributed by atoms with Crippen LogP contribution in [-0.2, 0) is 6.54 Å². The number of fused-ring (bicyclic) bond motifs is 1. The van der Waals surface area contributed by atoms with Crippen molar-refractivity contribution in [3.63, 3.8) is 0 Å². The van der Waals surface area contributed by atoms with Crippen LogP contribution in [0.4, 0.5) is 0 Å². The monoisotopic (exact) mass is 341 g/mol. The summed E-state index contributed by atoms with van der Waals surface area (Å²) in [5.41, 5.74) is 0.618. The van der Waals surface area contributed by atoms with E-state index in [0.29, 0.717) is 28.3 Å². The van der Waals surface area contributed by atoms with E-state index >= 15 is 0 Å². The van der Waals surface area contributed by atoms with E-state index in [1.807, 2.05) is 30.5 Å². The van der Waals surface area contributed by atoms with Crippen LogP contribution >= 0.6 is 11.3 Å². The Kier molecular flexibility index (Phi) is 3.79. The van der Waals surface area contributed by atoms with E-state index in [1.54, 1.807) is 18.6 Å². The molecule has 0 amide bonds. The van der Waals surface area contributed by atoms with Gasteiger partial charge in [0.2, 0.25) is 0 Å². The Bertz CT molecular complexity index is 1000. The molecule has 0 spiro atoms. The molecule has 0 aliphatic heterocycles. The molecule has 0 aliphatic carbocycles. The van der Waals surface area contributed by atoms with Crippen LogP contribution < -0.4 is 10.9 Å². The minimum Gasteiger partial charge on any atom is -0.468 e. The molecule has 4 aromatic heterocycles. The predicted molar refractivity (Wildman–Crippen MR) is 91.9 cm³/mol. The molecule has 0 saturated carbocycles. The Labute approximate surface area is 141 Å². The number of nitrogens with one attached hydrogen (secondary N) is 2. The highest BCUT2D eigenvalue weighted by molar-refractivity contribution is 7.17. The fraction of sp³-hybridized carbons (Fsp3) is 0.176. The first-order valence-electron chi connectivity index (χ1n) is 7.53. The van der Waals surface area contributed by atoms with E-state index in [-0.39, 0.29) is 11.6 Å². The van der Waals surface area contributed by atoms with Gasteiger partial charge in [-0.05, 0) is 31.2 Å². The van der Waals surface area contributed by atoms with Gasteiger partial charge in [-0.25, -0.2) is 4.98 Å². The number of rotatable bonds is 5. The van der Waals surface area contributed by atoms with Gasteiger partial charge >= 0.3 is 0 Å². The molecule has 0 aliphatic rings. The maximum absolute atomic E-state index is 12.5. The third-order valence-electron chi connectivity index (χ3n) is 3.83. The van der Waals surface area contributed by atoms with E-state index in [4.69, 9.17) is 8.83 Å². The number of aromatic nitrogens is 2. The number of thiophene rings is 1. The number of hydrogen-bond donors (Lipinski definition) is 2. The molecule has 0 radical (unpaired) electrons. The molecule has 2 N–H and O–H groups in total. The Morgan fingerprint density at radius 1 is 1.29 bits per heavy atom. The second kappa shape index (κ2) is 6.10. The van der Waals surface area contributed by atoms with Crippen LogP contribution in [-0.4, -0.2) is 9.97 Å². The zero-order valence-corrected chi connectivity index (χ0v) is 13.7. The Balaban J connectivity index is 1.61. The van der Waals surface area contributed by atoms with Crippen molar-refractivity contribution in [3.8, 4) is 11.3 Å². The molecule has 4 aromatic rings. The van der Waals surface area contributed by atoms with Crippen LogP contribution in [0.5, 0.6) is 0 Å². The van der Waals surface area contributed by atoms with Crippen LogP contribution in [0, 0.1) is 0 Å². The standard InChI is InChI=1S/C17H15N3O3S/c1-10(12-4-2-6-22-12)18-8-14-19-16(21)15-11(9-24-17(15)20-14)13-5-3-7-23-13/h2-7,9-10,18H,8H2,1H3,(H,19,20,21)/t10-/m1/s1. The Morgan fingerprint density at radius 2 is 2.12 bits per heavy atom. The molecule has 7 heteroatoms. The average molecular weight is 341 g/mol. The lowest BCUT2D eigenvalue weighted by atomic mass is 10.2. The van der Waals surface area contributed by atoms with Crippen molar-refractivity contribution in [2.75, 3.05) is 0 Å². The number of hydrogen-bond acceptors (Lipinski definition) is 6. The van der Waals surface area contributed by atoms with Gasteiger partial charge < -0.3 is 19.1 Å². The van der Waals surface area contributed by atoms with E-state index in [2.05, 4.69) is 15.3 Å². The van der Waals surface area contributed by atoms with Gasteiger partial charge in [0, 0.05) is 10.9 Å². The average Bonchev–Trinajstić information content (AvgIpc) is 3.31. The maximum Gasteiger partial charge on any atom is 0.260 e. The zero-order chi connectivity index (χ0) is 16.5. The molecule has 24 heavy (non-hydrogen) atoms. The quantitative estimate of drug-likeness (QED) is 0.578. The summed E-state index contributed by atoms with van der Waals surface area (Å²) in [6.07, 6.45) is 3.23. The number of furan rings is 2. The minimum absolute atomic E-state index is 0.0306. The SMILES string of the molecule is C[C@@H](NCc1nc2scc(-c3ccco3)c2c(=O)[nH]1)c1ccco1. The third kappa shape index (κ3) is 2.68. The second-order valence-electron chi connectivity index (χ2n) is 5.44. The first kappa shape index (κ1) is 14.9. The smallest absolute Gasteiger partial charge is 0.260 e. The molecular weight excluding hydrogens is 326 g/mol. The molecule has 4 rings (SSSR count).